The van der Waals surface area contributed by atoms with Crippen molar-refractivity contribution in [2.45, 2.75) is 50.0 Å². The first-order valence-corrected chi connectivity index (χ1v) is 14.8. The van der Waals surface area contributed by atoms with Gasteiger partial charge in [0.05, 0.1) is 13.2 Å². The van der Waals surface area contributed by atoms with E-state index in [0.29, 0.717) is 11.1 Å². The van der Waals surface area contributed by atoms with E-state index in [-0.39, 0.29) is 57.2 Å². The predicted molar refractivity (Wildman–Crippen MR) is 158 cm³/mol. The van der Waals surface area contributed by atoms with Crippen LogP contribution in [0.25, 0.3) is 6.08 Å². The van der Waals surface area contributed by atoms with Gasteiger partial charge in [-0.25, -0.2) is 0 Å². The summed E-state index contributed by atoms with van der Waals surface area (Å²) in [7, 11) is 3.35. The van der Waals surface area contributed by atoms with Crippen LogP contribution in [0, 0.1) is 5.41 Å². The van der Waals surface area contributed by atoms with Crippen LogP contribution in [0.15, 0.2) is 54.6 Å². The van der Waals surface area contributed by atoms with Crippen LogP contribution >= 0.6 is 0 Å². The van der Waals surface area contributed by atoms with Gasteiger partial charge >= 0.3 is 5.97 Å². The zero-order valence-electron chi connectivity index (χ0n) is 25.0. The molecule has 3 amide bonds. The maximum atomic E-state index is 14.2. The van der Waals surface area contributed by atoms with Crippen LogP contribution in [0.3, 0.4) is 0 Å². The Kier molecular flexibility index (Phi) is 8.71. The standard InChI is InChI=1S/C32H36N4O9/c1-35(2)24(38)10-9-19-5-3-7-21(13-19)17-36-27-30(40)44-23-15-32(27,28(45-36)26-25(23)42-18-43-26)31(41)34-16-20-6-4-8-22(14-20)29(39)33-11-12-37/h3-10,13-14,23,25-28,37H,11-12,15-18H2,1-2H3,(H,33,39)(H,34,41). The summed E-state index contributed by atoms with van der Waals surface area (Å²) in [6.45, 7) is 0.223. The molecule has 3 heterocycles. The van der Waals surface area contributed by atoms with Crippen LogP contribution in [0.4, 0.5) is 0 Å². The van der Waals surface area contributed by atoms with Crippen LogP contribution in [0.1, 0.15) is 33.5 Å². The minimum absolute atomic E-state index is 0.00318. The summed E-state index contributed by atoms with van der Waals surface area (Å²) in [5.74, 6) is -1.45. The summed E-state index contributed by atoms with van der Waals surface area (Å²) in [5, 5.41) is 16.1. The predicted octanol–water partition coefficient (Wildman–Crippen LogP) is 0.368. The fourth-order valence-electron chi connectivity index (χ4n) is 6.57. The normalized spacial score (nSPS) is 28.4. The largest absolute Gasteiger partial charge is 0.458 e. The zero-order chi connectivity index (χ0) is 31.7. The number of aliphatic hydroxyl groups is 1. The molecule has 6 atom stereocenters. The topological polar surface area (TPSA) is 156 Å². The number of hydroxylamine groups is 2. The molecule has 2 bridgehead atoms. The highest BCUT2D eigenvalue weighted by atomic mass is 16.8. The second kappa shape index (κ2) is 12.7. The van der Waals surface area contributed by atoms with Gasteiger partial charge in [-0.2, -0.15) is 5.06 Å². The van der Waals surface area contributed by atoms with Crippen LogP contribution in [0.2, 0.25) is 0 Å². The van der Waals surface area contributed by atoms with E-state index in [4.69, 9.17) is 24.2 Å². The highest BCUT2D eigenvalue weighted by Gasteiger charge is 2.74. The van der Waals surface area contributed by atoms with Crippen LogP contribution < -0.4 is 10.6 Å². The molecule has 0 spiro atoms. The first-order chi connectivity index (χ1) is 21.7. The highest BCUT2D eigenvalue weighted by molar-refractivity contribution is 5.95. The van der Waals surface area contributed by atoms with Gasteiger partial charge in [0.1, 0.15) is 36.6 Å². The molecule has 3 N–H and O–H groups in total. The number of hydrogen-bond donors (Lipinski definition) is 3. The third kappa shape index (κ3) is 5.85. The number of likely N-dealkylation sites (N-methyl/N-ethyl adjacent to an activating group) is 1. The Hall–Kier alpha value is -4.14. The van der Waals surface area contributed by atoms with E-state index in [1.165, 1.54) is 16.0 Å². The molecule has 238 valence electrons. The number of carbonyl (C=O) groups excluding carboxylic acids is 4. The Bertz CT molecular complexity index is 1510. The van der Waals surface area contributed by atoms with Crippen LogP contribution in [-0.2, 0) is 46.5 Å². The molecule has 13 heteroatoms. The van der Waals surface area contributed by atoms with Crippen molar-refractivity contribution in [2.24, 2.45) is 5.41 Å². The summed E-state index contributed by atoms with van der Waals surface area (Å²) in [5.41, 5.74) is 1.35. The van der Waals surface area contributed by atoms with Crippen molar-refractivity contribution in [2.75, 3.05) is 34.0 Å². The smallest absolute Gasteiger partial charge is 0.327 e. The van der Waals surface area contributed by atoms with Crippen molar-refractivity contribution in [3.8, 4) is 0 Å². The Morgan fingerprint density at radius 2 is 1.84 bits per heavy atom. The molecule has 0 radical (unpaired) electrons. The molecule has 13 nitrogen and oxygen atoms in total. The van der Waals surface area contributed by atoms with Crippen molar-refractivity contribution >= 4 is 29.8 Å². The summed E-state index contributed by atoms with van der Waals surface area (Å²) < 4.78 is 17.5. The Morgan fingerprint density at radius 1 is 1.07 bits per heavy atom. The summed E-state index contributed by atoms with van der Waals surface area (Å²) >= 11 is 0. The third-order valence-corrected chi connectivity index (χ3v) is 8.68. The summed E-state index contributed by atoms with van der Waals surface area (Å²) in [6, 6.07) is 13.2. The lowest BCUT2D eigenvalue weighted by molar-refractivity contribution is -0.201. The fraction of sp³-hybridized carbons (Fsp3) is 0.438. The van der Waals surface area contributed by atoms with Crippen molar-refractivity contribution in [1.82, 2.24) is 20.6 Å². The average molecular weight is 621 g/mol. The minimum atomic E-state index is -1.32. The molecule has 1 saturated carbocycles. The lowest BCUT2D eigenvalue weighted by atomic mass is 9.62. The molecule has 2 aromatic carbocycles. The van der Waals surface area contributed by atoms with E-state index in [2.05, 4.69) is 10.6 Å². The lowest BCUT2D eigenvalue weighted by Crippen LogP contribution is -2.69. The second-order valence-corrected chi connectivity index (χ2v) is 11.8. The van der Waals surface area contributed by atoms with Gasteiger partial charge in [0.2, 0.25) is 11.8 Å². The number of benzene rings is 2. The number of fused-ring (bicyclic) bond motifs is 4. The molecular formula is C32H36N4O9. The monoisotopic (exact) mass is 620 g/mol. The molecule has 45 heavy (non-hydrogen) atoms. The molecule has 2 aromatic rings. The molecule has 4 aliphatic rings. The van der Waals surface area contributed by atoms with E-state index in [1.54, 1.807) is 44.4 Å². The molecule has 1 aliphatic carbocycles. The van der Waals surface area contributed by atoms with E-state index in [1.807, 2.05) is 24.3 Å². The van der Waals surface area contributed by atoms with Gasteiger partial charge in [-0.3, -0.25) is 24.0 Å². The number of amides is 3. The number of ether oxygens (including phenoxy) is 3. The van der Waals surface area contributed by atoms with Gasteiger partial charge in [0.25, 0.3) is 5.91 Å². The number of aliphatic hydroxyl groups excluding tert-OH is 1. The number of carbonyl (C=O) groups is 4. The molecule has 6 unspecified atom stereocenters. The summed E-state index contributed by atoms with van der Waals surface area (Å²) in [4.78, 5) is 60.2. The van der Waals surface area contributed by atoms with Crippen molar-refractivity contribution in [3.05, 3.63) is 76.9 Å². The van der Waals surface area contributed by atoms with Gasteiger partial charge in [-0.05, 0) is 34.9 Å². The van der Waals surface area contributed by atoms with E-state index in [0.717, 1.165) is 11.1 Å². The van der Waals surface area contributed by atoms with Gasteiger partial charge in [0, 0.05) is 45.2 Å². The van der Waals surface area contributed by atoms with Crippen molar-refractivity contribution < 1.29 is 43.3 Å². The first-order valence-electron chi connectivity index (χ1n) is 14.8. The number of esters is 1. The fourth-order valence-corrected chi connectivity index (χ4v) is 6.57. The second-order valence-electron chi connectivity index (χ2n) is 11.8. The molecule has 0 aromatic heterocycles. The van der Waals surface area contributed by atoms with Crippen LogP contribution in [0.5, 0.6) is 0 Å². The molecule has 3 aliphatic heterocycles. The minimum Gasteiger partial charge on any atom is -0.458 e. The summed E-state index contributed by atoms with van der Waals surface area (Å²) in [6.07, 6.45) is 0.720. The van der Waals surface area contributed by atoms with Gasteiger partial charge in [0.15, 0.2) is 6.04 Å². The van der Waals surface area contributed by atoms with Crippen molar-refractivity contribution in [3.63, 3.8) is 0 Å². The maximum absolute atomic E-state index is 14.2. The quantitative estimate of drug-likeness (QED) is 0.251. The number of hydrogen-bond acceptors (Lipinski definition) is 10. The molecule has 6 rings (SSSR count). The third-order valence-electron chi connectivity index (χ3n) is 8.68. The Labute approximate surface area is 260 Å². The van der Waals surface area contributed by atoms with Gasteiger partial charge < -0.3 is 34.9 Å². The number of rotatable bonds is 10. The molecular weight excluding hydrogens is 584 g/mol. The maximum Gasteiger partial charge on any atom is 0.327 e. The van der Waals surface area contributed by atoms with E-state index in [9.17, 15) is 19.2 Å². The van der Waals surface area contributed by atoms with Gasteiger partial charge in [-0.15, -0.1) is 0 Å². The Balaban J connectivity index is 1.25. The Morgan fingerprint density at radius 3 is 2.64 bits per heavy atom. The zero-order valence-corrected chi connectivity index (χ0v) is 25.0. The first kappa shape index (κ1) is 30.9. The highest BCUT2D eigenvalue weighted by Crippen LogP contribution is 2.55. The van der Waals surface area contributed by atoms with Gasteiger partial charge in [-0.1, -0.05) is 36.4 Å². The number of nitrogens with zero attached hydrogens (tertiary/aromatic N) is 2. The van der Waals surface area contributed by atoms with E-state index < -0.39 is 41.8 Å². The lowest BCUT2D eigenvalue weighted by Gasteiger charge is -2.48. The average Bonchev–Trinajstić information content (AvgIpc) is 3.66. The van der Waals surface area contributed by atoms with E-state index >= 15 is 0 Å². The number of nitrogens with one attached hydrogen (secondary N) is 2. The van der Waals surface area contributed by atoms with Crippen LogP contribution in [-0.4, -0.2) is 103 Å². The van der Waals surface area contributed by atoms with Crippen molar-refractivity contribution in [1.29, 1.82) is 0 Å². The SMILES string of the molecule is CN(C)C(=O)C=Cc1cccc(CN2OC3C4OCOC4C4CC3(C(=O)NCc3cccc(C(=O)NCCO)c3)C2C(=O)O4)c1. The molecule has 3 saturated heterocycles. The molecule has 4 fully saturated rings.